The molecule has 5 heteroatoms. The van der Waals surface area contributed by atoms with Crippen molar-refractivity contribution in [3.63, 3.8) is 0 Å². The summed E-state index contributed by atoms with van der Waals surface area (Å²) in [6.45, 7) is 0.626. The molecule has 0 bridgehead atoms. The molecular weight excluding hydrogens is 117 g/mol. The second-order valence-electron chi connectivity index (χ2n) is 1.10. The van der Waals surface area contributed by atoms with Crippen molar-refractivity contribution < 1.29 is 5.11 Å². The predicted octanol–water partition coefficient (Wildman–Crippen LogP) is -1.66. The lowest BCUT2D eigenvalue weighted by Crippen LogP contribution is -2.32. The van der Waals surface area contributed by atoms with Crippen molar-refractivity contribution in [2.24, 2.45) is 0 Å². The van der Waals surface area contributed by atoms with Gasteiger partial charge in [-0.15, -0.1) is 12.4 Å². The van der Waals surface area contributed by atoms with Gasteiger partial charge in [-0.3, -0.25) is 5.32 Å². The van der Waals surface area contributed by atoms with E-state index < -0.39 is 6.35 Å². The zero-order chi connectivity index (χ0) is 4.41. The smallest absolute Gasteiger partial charge is 0.174 e. The highest BCUT2D eigenvalue weighted by Gasteiger charge is 2.04. The summed E-state index contributed by atoms with van der Waals surface area (Å²) in [5, 5.41) is 11.1. The van der Waals surface area contributed by atoms with Crippen LogP contribution in [0.25, 0.3) is 0 Å². The van der Waals surface area contributed by atoms with E-state index in [1.807, 2.05) is 0 Å². The van der Waals surface area contributed by atoms with Crippen molar-refractivity contribution in [3.05, 3.63) is 0 Å². The zero-order valence-corrected chi connectivity index (χ0v) is 4.46. The summed E-state index contributed by atoms with van der Waals surface area (Å²) in [5.41, 5.74) is 5.17. The summed E-state index contributed by atoms with van der Waals surface area (Å²) in [4.78, 5) is 0. The average molecular weight is 126 g/mol. The van der Waals surface area contributed by atoms with Gasteiger partial charge in [0.1, 0.15) is 0 Å². The van der Waals surface area contributed by atoms with Gasteiger partial charge in [-0.05, 0) is 0 Å². The van der Waals surface area contributed by atoms with Crippen LogP contribution in [-0.4, -0.2) is 18.1 Å². The Bertz CT molecular complexity index is 46.2. The highest BCUT2D eigenvalue weighted by Crippen LogP contribution is 1.67. The van der Waals surface area contributed by atoms with E-state index in [0.717, 1.165) is 0 Å². The normalized spacial score (nSPS) is 29.6. The maximum Gasteiger partial charge on any atom is 0.174 e. The minimum atomic E-state index is -0.565. The number of hydrazine groups is 1. The number of rotatable bonds is 0. The second-order valence-corrected chi connectivity index (χ2v) is 1.10. The third-order valence-electron chi connectivity index (χ3n) is 0.623. The number of hydrogen-bond donors (Lipinski definition) is 4. The van der Waals surface area contributed by atoms with Crippen molar-refractivity contribution in [3.8, 4) is 0 Å². The molecule has 4 N–H and O–H groups in total. The molecule has 1 unspecified atom stereocenters. The molecule has 0 radical (unpaired) electrons. The van der Waals surface area contributed by atoms with Crippen LogP contribution in [-0.2, 0) is 0 Å². The lowest BCUT2D eigenvalue weighted by Gasteiger charge is -1.94. The van der Waals surface area contributed by atoms with Crippen LogP contribution in [0, 0.1) is 0 Å². The number of aliphatic hydroxyl groups excluding tert-OH is 1. The van der Waals surface area contributed by atoms with Crippen LogP contribution in [0.2, 0.25) is 0 Å². The van der Waals surface area contributed by atoms with Crippen molar-refractivity contribution in [1.29, 1.82) is 0 Å². The molecule has 0 aromatic carbocycles. The van der Waals surface area contributed by atoms with Crippen LogP contribution in [0.4, 0.5) is 0 Å². The summed E-state index contributed by atoms with van der Waals surface area (Å²) < 4.78 is 0. The quantitative estimate of drug-likeness (QED) is 0.313. The molecule has 0 amide bonds. The molecule has 44 valence electrons. The first-order valence-corrected chi connectivity index (χ1v) is 1.79. The Kier molecular flexibility index (Phi) is 3.23. The van der Waals surface area contributed by atoms with Gasteiger partial charge in [-0.1, -0.05) is 0 Å². The van der Waals surface area contributed by atoms with E-state index in [0.29, 0.717) is 6.67 Å². The molecule has 1 atom stereocenters. The SMILES string of the molecule is Cl.OC1NCNN1. The standard InChI is InChI=1S/C2H7N3O.ClH/c6-2-3-1-4-5-2;/h2-6H,1H2;1H. The minimum Gasteiger partial charge on any atom is -0.364 e. The van der Waals surface area contributed by atoms with Gasteiger partial charge in [0, 0.05) is 0 Å². The van der Waals surface area contributed by atoms with E-state index in [4.69, 9.17) is 5.11 Å². The summed E-state index contributed by atoms with van der Waals surface area (Å²) in [5.74, 6) is 0. The Morgan fingerprint density at radius 2 is 2.29 bits per heavy atom. The molecule has 7 heavy (non-hydrogen) atoms. The Balaban J connectivity index is 0.000000360. The topological polar surface area (TPSA) is 56.3 Å². The van der Waals surface area contributed by atoms with Gasteiger partial charge >= 0.3 is 0 Å². The summed E-state index contributed by atoms with van der Waals surface area (Å²) in [7, 11) is 0. The van der Waals surface area contributed by atoms with Crippen LogP contribution < -0.4 is 16.2 Å². The molecule has 1 saturated heterocycles. The first-order valence-electron chi connectivity index (χ1n) is 1.79. The molecule has 1 aliphatic heterocycles. The van der Waals surface area contributed by atoms with Gasteiger partial charge in [0.2, 0.25) is 0 Å². The fourth-order valence-corrected chi connectivity index (χ4v) is 0.346. The summed E-state index contributed by atoms with van der Waals surface area (Å²) in [6.07, 6.45) is -0.565. The molecule has 1 rings (SSSR count). The van der Waals surface area contributed by atoms with Gasteiger partial charge in [-0.25, -0.2) is 10.9 Å². The highest BCUT2D eigenvalue weighted by atomic mass is 35.5. The van der Waals surface area contributed by atoms with Crippen LogP contribution in [0.3, 0.4) is 0 Å². The van der Waals surface area contributed by atoms with Gasteiger partial charge in [0.05, 0.1) is 6.67 Å². The lowest BCUT2D eigenvalue weighted by atomic mass is 11.0. The minimum absolute atomic E-state index is 0. The first-order chi connectivity index (χ1) is 2.89. The van der Waals surface area contributed by atoms with Crippen LogP contribution in [0.5, 0.6) is 0 Å². The number of halogens is 1. The number of hydrogen-bond acceptors (Lipinski definition) is 4. The van der Waals surface area contributed by atoms with Gasteiger partial charge in [0.25, 0.3) is 0 Å². The Morgan fingerprint density at radius 3 is 2.43 bits per heavy atom. The predicted molar refractivity (Wildman–Crippen MR) is 27.5 cm³/mol. The van der Waals surface area contributed by atoms with Gasteiger partial charge in [-0.2, -0.15) is 0 Å². The third kappa shape index (κ3) is 2.06. The first kappa shape index (κ1) is 7.13. The summed E-state index contributed by atoms with van der Waals surface area (Å²) in [6, 6.07) is 0. The van der Waals surface area contributed by atoms with E-state index in [2.05, 4.69) is 16.2 Å². The van der Waals surface area contributed by atoms with E-state index in [1.54, 1.807) is 0 Å². The fraction of sp³-hybridized carbons (Fsp3) is 1.00. The van der Waals surface area contributed by atoms with E-state index >= 15 is 0 Å². The number of nitrogens with one attached hydrogen (secondary N) is 3. The van der Waals surface area contributed by atoms with Crippen molar-refractivity contribution >= 4 is 12.4 Å². The van der Waals surface area contributed by atoms with Crippen LogP contribution in [0.1, 0.15) is 0 Å². The fourth-order valence-electron chi connectivity index (χ4n) is 0.346. The highest BCUT2D eigenvalue weighted by molar-refractivity contribution is 5.85. The second kappa shape index (κ2) is 3.17. The van der Waals surface area contributed by atoms with E-state index in [9.17, 15) is 0 Å². The molecule has 4 nitrogen and oxygen atoms in total. The molecule has 1 aliphatic rings. The average Bonchev–Trinajstić information content (AvgIpc) is 1.86. The maximum atomic E-state index is 8.44. The zero-order valence-electron chi connectivity index (χ0n) is 3.64. The molecule has 1 heterocycles. The molecule has 0 aromatic rings. The van der Waals surface area contributed by atoms with E-state index in [-0.39, 0.29) is 12.4 Å². The number of aliphatic hydroxyl groups is 1. The molecule has 0 aromatic heterocycles. The van der Waals surface area contributed by atoms with Gasteiger partial charge in [0.15, 0.2) is 6.35 Å². The van der Waals surface area contributed by atoms with Crippen molar-refractivity contribution in [2.45, 2.75) is 6.35 Å². The molecule has 0 spiro atoms. The Labute approximate surface area is 47.7 Å². The van der Waals surface area contributed by atoms with Crippen LogP contribution >= 0.6 is 12.4 Å². The molecule has 1 fully saturated rings. The Hall–Kier alpha value is 0.130. The summed E-state index contributed by atoms with van der Waals surface area (Å²) >= 11 is 0. The van der Waals surface area contributed by atoms with E-state index in [1.165, 1.54) is 0 Å². The van der Waals surface area contributed by atoms with Crippen molar-refractivity contribution in [2.75, 3.05) is 6.67 Å². The maximum absolute atomic E-state index is 8.44. The molecule has 0 aliphatic carbocycles. The van der Waals surface area contributed by atoms with Crippen LogP contribution in [0.15, 0.2) is 0 Å². The lowest BCUT2D eigenvalue weighted by molar-refractivity contribution is 0.132. The molecular formula is C2H8ClN3O. The van der Waals surface area contributed by atoms with Crippen molar-refractivity contribution in [1.82, 2.24) is 16.2 Å². The monoisotopic (exact) mass is 125 g/mol. The third-order valence-corrected chi connectivity index (χ3v) is 0.623. The Morgan fingerprint density at radius 1 is 1.57 bits per heavy atom. The molecule has 0 saturated carbocycles. The van der Waals surface area contributed by atoms with Gasteiger partial charge < -0.3 is 5.11 Å². The largest absolute Gasteiger partial charge is 0.364 e.